The molecule has 0 aromatic rings. The van der Waals surface area contributed by atoms with E-state index < -0.39 is 0 Å². The Labute approximate surface area is 127 Å². The second-order valence-corrected chi connectivity index (χ2v) is 6.41. The number of esters is 1. The van der Waals surface area contributed by atoms with Gasteiger partial charge in [0.25, 0.3) is 0 Å². The molecule has 5 heteroatoms. The maximum Gasteiger partial charge on any atom is 0.310 e. The molecule has 2 atom stereocenters. The van der Waals surface area contributed by atoms with Gasteiger partial charge in [0.05, 0.1) is 19.1 Å². The highest BCUT2D eigenvalue weighted by atomic mass is 16.5. The van der Waals surface area contributed by atoms with Crippen LogP contribution in [0.15, 0.2) is 0 Å². The standard InChI is InChI=1S/C16H28N2O3/c1-3-21-16(20)14-7-5-8-17(11-14)12-15(19)18-9-4-6-13(2)10-18/h13-14H,3-12H2,1-2H3/t13?,14-/m1/s1. The zero-order chi connectivity index (χ0) is 15.2. The van der Waals surface area contributed by atoms with E-state index in [1.165, 1.54) is 6.42 Å². The Balaban J connectivity index is 1.81. The van der Waals surface area contributed by atoms with E-state index in [1.807, 2.05) is 11.8 Å². The average Bonchev–Trinajstić information content (AvgIpc) is 2.48. The van der Waals surface area contributed by atoms with Crippen LogP contribution in [-0.2, 0) is 14.3 Å². The van der Waals surface area contributed by atoms with E-state index in [1.54, 1.807) is 0 Å². The van der Waals surface area contributed by atoms with Crippen molar-refractivity contribution in [3.05, 3.63) is 0 Å². The third-order valence-electron chi connectivity index (χ3n) is 4.49. The summed E-state index contributed by atoms with van der Waals surface area (Å²) in [6, 6.07) is 0. The molecule has 2 rings (SSSR count). The monoisotopic (exact) mass is 296 g/mol. The first-order valence-electron chi connectivity index (χ1n) is 8.27. The summed E-state index contributed by atoms with van der Waals surface area (Å²) in [5, 5.41) is 0. The minimum atomic E-state index is -0.110. The molecule has 0 aromatic carbocycles. The normalized spacial score (nSPS) is 27.4. The van der Waals surface area contributed by atoms with E-state index in [-0.39, 0.29) is 17.8 Å². The molecule has 2 saturated heterocycles. The minimum absolute atomic E-state index is 0.0632. The Morgan fingerprint density at radius 3 is 2.62 bits per heavy atom. The van der Waals surface area contributed by atoms with Gasteiger partial charge in [-0.15, -0.1) is 0 Å². The molecule has 2 heterocycles. The number of piperidine rings is 2. The van der Waals surface area contributed by atoms with Gasteiger partial charge in [-0.05, 0) is 45.1 Å². The van der Waals surface area contributed by atoms with Gasteiger partial charge in [0.1, 0.15) is 0 Å². The van der Waals surface area contributed by atoms with E-state index in [0.29, 0.717) is 25.6 Å². The van der Waals surface area contributed by atoms with Gasteiger partial charge in [-0.3, -0.25) is 14.5 Å². The lowest BCUT2D eigenvalue weighted by Gasteiger charge is -2.35. The van der Waals surface area contributed by atoms with Crippen molar-refractivity contribution in [3.63, 3.8) is 0 Å². The predicted octanol–water partition coefficient (Wildman–Crippen LogP) is 1.52. The zero-order valence-corrected chi connectivity index (χ0v) is 13.3. The molecule has 2 aliphatic rings. The van der Waals surface area contributed by atoms with E-state index in [9.17, 15) is 9.59 Å². The lowest BCUT2D eigenvalue weighted by atomic mass is 9.98. The molecule has 0 radical (unpaired) electrons. The van der Waals surface area contributed by atoms with Crippen LogP contribution in [0.2, 0.25) is 0 Å². The first kappa shape index (κ1) is 16.3. The molecule has 0 N–H and O–H groups in total. The zero-order valence-electron chi connectivity index (χ0n) is 13.3. The van der Waals surface area contributed by atoms with E-state index >= 15 is 0 Å². The Morgan fingerprint density at radius 1 is 1.14 bits per heavy atom. The highest BCUT2D eigenvalue weighted by molar-refractivity contribution is 5.78. The van der Waals surface area contributed by atoms with Gasteiger partial charge in [0.15, 0.2) is 0 Å². The number of carbonyl (C=O) groups excluding carboxylic acids is 2. The van der Waals surface area contributed by atoms with E-state index in [0.717, 1.165) is 38.9 Å². The average molecular weight is 296 g/mol. The second kappa shape index (κ2) is 7.78. The van der Waals surface area contributed by atoms with Gasteiger partial charge >= 0.3 is 5.97 Å². The Morgan fingerprint density at radius 2 is 1.90 bits per heavy atom. The van der Waals surface area contributed by atoms with Gasteiger partial charge < -0.3 is 9.64 Å². The molecule has 0 spiro atoms. The summed E-state index contributed by atoms with van der Waals surface area (Å²) in [5.74, 6) is 0.649. The summed E-state index contributed by atoms with van der Waals surface area (Å²) in [7, 11) is 0. The molecule has 0 saturated carbocycles. The first-order chi connectivity index (χ1) is 10.1. The fraction of sp³-hybridized carbons (Fsp3) is 0.875. The van der Waals surface area contributed by atoms with Crippen LogP contribution >= 0.6 is 0 Å². The topological polar surface area (TPSA) is 49.9 Å². The van der Waals surface area contributed by atoms with Crippen LogP contribution in [-0.4, -0.2) is 61.0 Å². The highest BCUT2D eigenvalue weighted by Crippen LogP contribution is 2.19. The van der Waals surface area contributed by atoms with Gasteiger partial charge in [-0.25, -0.2) is 0 Å². The fourth-order valence-corrected chi connectivity index (χ4v) is 3.36. The van der Waals surface area contributed by atoms with E-state index in [2.05, 4.69) is 11.8 Å². The summed E-state index contributed by atoms with van der Waals surface area (Å²) >= 11 is 0. The van der Waals surface area contributed by atoms with Crippen molar-refractivity contribution in [2.24, 2.45) is 11.8 Å². The van der Waals surface area contributed by atoms with Crippen LogP contribution in [0.25, 0.3) is 0 Å². The third kappa shape index (κ3) is 4.70. The molecule has 2 aliphatic heterocycles. The number of rotatable bonds is 4. The van der Waals surface area contributed by atoms with Crippen LogP contribution in [0.1, 0.15) is 39.5 Å². The molecule has 21 heavy (non-hydrogen) atoms. The van der Waals surface area contributed by atoms with Crippen LogP contribution in [0.5, 0.6) is 0 Å². The maximum absolute atomic E-state index is 12.4. The lowest BCUT2D eigenvalue weighted by molar-refractivity contribution is -0.150. The van der Waals surface area contributed by atoms with Crippen molar-refractivity contribution in [3.8, 4) is 0 Å². The number of carbonyl (C=O) groups is 2. The second-order valence-electron chi connectivity index (χ2n) is 6.41. The summed E-state index contributed by atoms with van der Waals surface area (Å²) in [6.07, 6.45) is 4.17. The van der Waals surface area contributed by atoms with Gasteiger partial charge in [0.2, 0.25) is 5.91 Å². The quantitative estimate of drug-likeness (QED) is 0.738. The fourth-order valence-electron chi connectivity index (χ4n) is 3.36. The van der Waals surface area contributed by atoms with Crippen molar-refractivity contribution in [1.29, 1.82) is 0 Å². The Hall–Kier alpha value is -1.10. The number of hydrogen-bond donors (Lipinski definition) is 0. The summed E-state index contributed by atoms with van der Waals surface area (Å²) in [6.45, 7) is 8.25. The first-order valence-corrected chi connectivity index (χ1v) is 8.27. The molecule has 1 amide bonds. The lowest BCUT2D eigenvalue weighted by Crippen LogP contribution is -2.48. The number of ether oxygens (including phenoxy) is 1. The molecular formula is C16H28N2O3. The Kier molecular flexibility index (Phi) is 6.03. The van der Waals surface area contributed by atoms with Crippen molar-refractivity contribution in [1.82, 2.24) is 9.80 Å². The number of nitrogens with zero attached hydrogens (tertiary/aromatic N) is 2. The SMILES string of the molecule is CCOC(=O)[C@@H]1CCCN(CC(=O)N2CCCC(C)C2)C1. The molecule has 2 fully saturated rings. The van der Waals surface area contributed by atoms with E-state index in [4.69, 9.17) is 4.74 Å². The minimum Gasteiger partial charge on any atom is -0.466 e. The van der Waals surface area contributed by atoms with Crippen LogP contribution in [0.3, 0.4) is 0 Å². The Bertz CT molecular complexity index is 373. The van der Waals surface area contributed by atoms with Crippen LogP contribution in [0.4, 0.5) is 0 Å². The summed E-state index contributed by atoms with van der Waals surface area (Å²) in [4.78, 5) is 28.3. The van der Waals surface area contributed by atoms with Crippen molar-refractivity contribution < 1.29 is 14.3 Å². The molecule has 120 valence electrons. The van der Waals surface area contributed by atoms with Crippen LogP contribution in [0, 0.1) is 11.8 Å². The summed E-state index contributed by atoms with van der Waals surface area (Å²) < 4.78 is 5.10. The number of likely N-dealkylation sites (tertiary alicyclic amines) is 2. The van der Waals surface area contributed by atoms with Crippen molar-refractivity contribution in [2.45, 2.75) is 39.5 Å². The third-order valence-corrected chi connectivity index (χ3v) is 4.49. The van der Waals surface area contributed by atoms with Crippen molar-refractivity contribution in [2.75, 3.05) is 39.3 Å². The highest BCUT2D eigenvalue weighted by Gasteiger charge is 2.29. The molecule has 0 bridgehead atoms. The molecular weight excluding hydrogens is 268 g/mol. The number of amides is 1. The largest absolute Gasteiger partial charge is 0.466 e. The van der Waals surface area contributed by atoms with Crippen molar-refractivity contribution >= 4 is 11.9 Å². The smallest absolute Gasteiger partial charge is 0.310 e. The van der Waals surface area contributed by atoms with Crippen LogP contribution < -0.4 is 0 Å². The number of hydrogen-bond acceptors (Lipinski definition) is 4. The van der Waals surface area contributed by atoms with Gasteiger partial charge in [0, 0.05) is 19.6 Å². The summed E-state index contributed by atoms with van der Waals surface area (Å²) in [5.41, 5.74) is 0. The van der Waals surface area contributed by atoms with Gasteiger partial charge in [-0.1, -0.05) is 6.92 Å². The molecule has 1 unspecified atom stereocenters. The molecule has 0 aliphatic carbocycles. The molecule has 5 nitrogen and oxygen atoms in total. The predicted molar refractivity (Wildman–Crippen MR) is 80.8 cm³/mol. The van der Waals surface area contributed by atoms with Gasteiger partial charge in [-0.2, -0.15) is 0 Å². The molecule has 0 aromatic heterocycles. The maximum atomic E-state index is 12.4.